The number of halogens is 1. The SMILES string of the molecule is Cc1ccnn1-c1ccc(C(=O)OCC(=O)NNC(=O)c2ccc(Cl)cc2)cc1. The van der Waals surface area contributed by atoms with Crippen LogP contribution in [0.5, 0.6) is 0 Å². The number of nitrogens with one attached hydrogen (secondary N) is 2. The average molecular weight is 413 g/mol. The molecule has 148 valence electrons. The molecule has 0 radical (unpaired) electrons. The largest absolute Gasteiger partial charge is 0.452 e. The van der Waals surface area contributed by atoms with Crippen LogP contribution in [0, 0.1) is 6.92 Å². The Labute approximate surface area is 171 Å². The lowest BCUT2D eigenvalue weighted by atomic mass is 10.2. The number of hydrogen-bond acceptors (Lipinski definition) is 5. The van der Waals surface area contributed by atoms with E-state index in [1.165, 1.54) is 12.1 Å². The maximum absolute atomic E-state index is 12.1. The van der Waals surface area contributed by atoms with Crippen molar-refractivity contribution in [2.75, 3.05) is 6.61 Å². The molecule has 0 aliphatic carbocycles. The fourth-order valence-corrected chi connectivity index (χ4v) is 2.55. The molecular weight excluding hydrogens is 396 g/mol. The molecule has 0 bridgehead atoms. The van der Waals surface area contributed by atoms with E-state index in [1.807, 2.05) is 13.0 Å². The Hall–Kier alpha value is -3.65. The van der Waals surface area contributed by atoms with Crippen LogP contribution in [0.15, 0.2) is 60.8 Å². The molecule has 2 aromatic carbocycles. The number of esters is 1. The summed E-state index contributed by atoms with van der Waals surface area (Å²) in [6.45, 7) is 1.37. The van der Waals surface area contributed by atoms with Gasteiger partial charge in [0.05, 0.1) is 11.3 Å². The average Bonchev–Trinajstić information content (AvgIpc) is 3.16. The number of hydrazine groups is 1. The molecule has 0 saturated heterocycles. The quantitative estimate of drug-likeness (QED) is 0.495. The predicted octanol–water partition coefficient (Wildman–Crippen LogP) is 2.45. The summed E-state index contributed by atoms with van der Waals surface area (Å²) in [6.07, 6.45) is 1.68. The van der Waals surface area contributed by atoms with Gasteiger partial charge in [-0.2, -0.15) is 5.10 Å². The molecule has 29 heavy (non-hydrogen) atoms. The molecular formula is C20H17ClN4O4. The van der Waals surface area contributed by atoms with Crippen LogP contribution in [0.25, 0.3) is 5.69 Å². The summed E-state index contributed by atoms with van der Waals surface area (Å²) in [5.41, 5.74) is 6.76. The predicted molar refractivity (Wildman–Crippen MR) is 106 cm³/mol. The molecule has 0 unspecified atom stereocenters. The van der Waals surface area contributed by atoms with Crippen LogP contribution in [0.3, 0.4) is 0 Å². The Balaban J connectivity index is 1.47. The van der Waals surface area contributed by atoms with Crippen molar-refractivity contribution in [2.45, 2.75) is 6.92 Å². The van der Waals surface area contributed by atoms with Gasteiger partial charge in [0, 0.05) is 22.5 Å². The first-order valence-electron chi connectivity index (χ1n) is 8.57. The van der Waals surface area contributed by atoms with E-state index < -0.39 is 24.4 Å². The number of aryl methyl sites for hydroxylation is 1. The number of hydrogen-bond donors (Lipinski definition) is 2. The van der Waals surface area contributed by atoms with Gasteiger partial charge in [-0.25, -0.2) is 9.48 Å². The van der Waals surface area contributed by atoms with E-state index in [0.29, 0.717) is 10.6 Å². The minimum absolute atomic E-state index is 0.288. The Kier molecular flexibility index (Phi) is 6.25. The molecule has 0 atom stereocenters. The molecule has 9 heteroatoms. The van der Waals surface area contributed by atoms with E-state index in [0.717, 1.165) is 11.4 Å². The topological polar surface area (TPSA) is 102 Å². The minimum Gasteiger partial charge on any atom is -0.452 e. The molecule has 1 aromatic heterocycles. The van der Waals surface area contributed by atoms with Gasteiger partial charge in [-0.1, -0.05) is 11.6 Å². The normalized spacial score (nSPS) is 10.3. The molecule has 8 nitrogen and oxygen atoms in total. The van der Waals surface area contributed by atoms with Gasteiger partial charge in [-0.3, -0.25) is 20.4 Å². The van der Waals surface area contributed by atoms with Crippen molar-refractivity contribution in [3.63, 3.8) is 0 Å². The number of carbonyl (C=O) groups is 3. The lowest BCUT2D eigenvalue weighted by Gasteiger charge is -2.09. The summed E-state index contributed by atoms with van der Waals surface area (Å²) in [5, 5.41) is 4.68. The molecule has 1 heterocycles. The zero-order valence-corrected chi connectivity index (χ0v) is 16.1. The summed E-state index contributed by atoms with van der Waals surface area (Å²) in [5.74, 6) is -1.86. The molecule has 2 amide bonds. The number of rotatable bonds is 5. The minimum atomic E-state index is -0.676. The van der Waals surface area contributed by atoms with Gasteiger partial charge in [-0.15, -0.1) is 0 Å². The monoisotopic (exact) mass is 412 g/mol. The van der Waals surface area contributed by atoms with Gasteiger partial charge in [0.1, 0.15) is 0 Å². The van der Waals surface area contributed by atoms with Gasteiger partial charge in [0.2, 0.25) is 0 Å². The maximum atomic E-state index is 12.1. The standard InChI is InChI=1S/C20H17ClN4O4/c1-13-10-11-22-25(13)17-8-4-15(5-9-17)20(28)29-12-18(26)23-24-19(27)14-2-6-16(21)7-3-14/h2-11H,12H2,1H3,(H,23,26)(H,24,27). The van der Waals surface area contributed by atoms with Crippen LogP contribution in [-0.4, -0.2) is 34.2 Å². The summed E-state index contributed by atoms with van der Waals surface area (Å²) in [7, 11) is 0. The van der Waals surface area contributed by atoms with Crippen molar-refractivity contribution in [3.05, 3.63) is 82.6 Å². The Bertz CT molecular complexity index is 1030. The van der Waals surface area contributed by atoms with Crippen LogP contribution in [0.1, 0.15) is 26.4 Å². The zero-order valence-electron chi connectivity index (χ0n) is 15.4. The Morgan fingerprint density at radius 1 is 0.966 bits per heavy atom. The highest BCUT2D eigenvalue weighted by Gasteiger charge is 2.12. The number of aromatic nitrogens is 2. The molecule has 0 fully saturated rings. The van der Waals surface area contributed by atoms with E-state index >= 15 is 0 Å². The van der Waals surface area contributed by atoms with Crippen molar-refractivity contribution in [1.82, 2.24) is 20.6 Å². The number of carbonyl (C=O) groups excluding carboxylic acids is 3. The van der Waals surface area contributed by atoms with Crippen molar-refractivity contribution in [2.24, 2.45) is 0 Å². The lowest BCUT2D eigenvalue weighted by Crippen LogP contribution is -2.43. The third-order valence-electron chi connectivity index (χ3n) is 3.94. The number of benzene rings is 2. The Morgan fingerprint density at radius 3 is 2.24 bits per heavy atom. The van der Waals surface area contributed by atoms with Crippen molar-refractivity contribution >= 4 is 29.4 Å². The summed E-state index contributed by atoms with van der Waals surface area (Å²) in [4.78, 5) is 35.8. The van der Waals surface area contributed by atoms with Gasteiger partial charge < -0.3 is 4.74 Å². The van der Waals surface area contributed by atoms with Crippen LogP contribution >= 0.6 is 11.6 Å². The lowest BCUT2D eigenvalue weighted by molar-refractivity contribution is -0.125. The number of ether oxygens (including phenoxy) is 1. The highest BCUT2D eigenvalue weighted by molar-refractivity contribution is 6.30. The van der Waals surface area contributed by atoms with Gasteiger partial charge in [0.25, 0.3) is 11.8 Å². The van der Waals surface area contributed by atoms with E-state index in [-0.39, 0.29) is 5.56 Å². The molecule has 0 aliphatic heterocycles. The zero-order chi connectivity index (χ0) is 20.8. The highest BCUT2D eigenvalue weighted by atomic mass is 35.5. The molecule has 0 spiro atoms. The van der Waals surface area contributed by atoms with Crippen molar-refractivity contribution in [1.29, 1.82) is 0 Å². The van der Waals surface area contributed by atoms with E-state index in [4.69, 9.17) is 16.3 Å². The van der Waals surface area contributed by atoms with Crippen LogP contribution in [0.2, 0.25) is 5.02 Å². The second-order valence-electron chi connectivity index (χ2n) is 6.02. The highest BCUT2D eigenvalue weighted by Crippen LogP contribution is 2.12. The fraction of sp³-hybridized carbons (Fsp3) is 0.100. The third kappa shape index (κ3) is 5.20. The summed E-state index contributed by atoms with van der Waals surface area (Å²) < 4.78 is 6.68. The van der Waals surface area contributed by atoms with Crippen molar-refractivity contribution in [3.8, 4) is 5.69 Å². The molecule has 0 saturated carbocycles. The first-order valence-corrected chi connectivity index (χ1v) is 8.95. The maximum Gasteiger partial charge on any atom is 0.338 e. The smallest absolute Gasteiger partial charge is 0.338 e. The third-order valence-corrected chi connectivity index (χ3v) is 4.19. The molecule has 3 rings (SSSR count). The van der Waals surface area contributed by atoms with Crippen LogP contribution in [0.4, 0.5) is 0 Å². The van der Waals surface area contributed by atoms with Crippen molar-refractivity contribution < 1.29 is 19.1 Å². The van der Waals surface area contributed by atoms with E-state index in [2.05, 4.69) is 16.0 Å². The van der Waals surface area contributed by atoms with Crippen LogP contribution < -0.4 is 10.9 Å². The summed E-state index contributed by atoms with van der Waals surface area (Å²) >= 11 is 5.75. The second kappa shape index (κ2) is 9.03. The first-order chi connectivity index (χ1) is 13.9. The van der Waals surface area contributed by atoms with Gasteiger partial charge in [0.15, 0.2) is 6.61 Å². The number of nitrogens with zero attached hydrogens (tertiary/aromatic N) is 2. The second-order valence-corrected chi connectivity index (χ2v) is 6.45. The fourth-order valence-electron chi connectivity index (χ4n) is 2.43. The van der Waals surface area contributed by atoms with E-state index in [1.54, 1.807) is 47.3 Å². The van der Waals surface area contributed by atoms with Gasteiger partial charge in [-0.05, 0) is 61.5 Å². The van der Waals surface area contributed by atoms with Crippen LogP contribution in [-0.2, 0) is 9.53 Å². The molecule has 0 aliphatic rings. The first kappa shape index (κ1) is 20.1. The molecule has 2 N–H and O–H groups in total. The van der Waals surface area contributed by atoms with Gasteiger partial charge >= 0.3 is 5.97 Å². The molecule has 3 aromatic rings. The van der Waals surface area contributed by atoms with E-state index in [9.17, 15) is 14.4 Å². The Morgan fingerprint density at radius 2 is 1.62 bits per heavy atom. The number of amides is 2. The summed E-state index contributed by atoms with van der Waals surface area (Å²) in [6, 6.07) is 14.6.